The zero-order valence-corrected chi connectivity index (χ0v) is 11.8. The number of nitrogens with one attached hydrogen (secondary N) is 1. The highest BCUT2D eigenvalue weighted by molar-refractivity contribution is 5.52. The Morgan fingerprint density at radius 2 is 2.47 bits per heavy atom. The zero-order chi connectivity index (χ0) is 13.5. The van der Waals surface area contributed by atoms with E-state index in [-0.39, 0.29) is 6.10 Å². The molecule has 1 aromatic rings. The topological polar surface area (TPSA) is 46.6 Å². The summed E-state index contributed by atoms with van der Waals surface area (Å²) in [6.07, 6.45) is 3.02. The molecule has 1 aromatic heterocycles. The molecule has 1 atom stereocenters. The first kappa shape index (κ1) is 14.1. The van der Waals surface area contributed by atoms with Crippen LogP contribution in [0, 0.1) is 0 Å². The molecule has 19 heavy (non-hydrogen) atoms. The maximum Gasteiger partial charge on any atom is 0.171 e. The Bertz CT molecular complexity index is 385. The average Bonchev–Trinajstić information content (AvgIpc) is 2.46. The quantitative estimate of drug-likeness (QED) is 0.840. The summed E-state index contributed by atoms with van der Waals surface area (Å²) in [6, 6.07) is 3.90. The van der Waals surface area contributed by atoms with E-state index in [1.165, 1.54) is 0 Å². The van der Waals surface area contributed by atoms with Gasteiger partial charge in [-0.05, 0) is 25.6 Å². The molecule has 0 amide bonds. The number of anilines is 1. The molecule has 0 aliphatic carbocycles. The van der Waals surface area contributed by atoms with Crippen LogP contribution in [0.1, 0.15) is 13.3 Å². The first-order valence-corrected chi connectivity index (χ1v) is 6.94. The van der Waals surface area contributed by atoms with Gasteiger partial charge in [-0.2, -0.15) is 0 Å². The average molecular weight is 265 g/mol. The van der Waals surface area contributed by atoms with Crippen LogP contribution in [0.15, 0.2) is 18.3 Å². The van der Waals surface area contributed by atoms with E-state index in [1.54, 1.807) is 0 Å². The number of rotatable bonds is 6. The summed E-state index contributed by atoms with van der Waals surface area (Å²) in [7, 11) is 1.94. The lowest BCUT2D eigenvalue weighted by Crippen LogP contribution is -2.46. The Morgan fingerprint density at radius 1 is 1.58 bits per heavy atom. The summed E-state index contributed by atoms with van der Waals surface area (Å²) in [5.41, 5.74) is 0. The molecule has 106 valence electrons. The molecule has 5 heteroatoms. The molecule has 0 radical (unpaired) electrons. The Balaban J connectivity index is 2.07. The Hall–Kier alpha value is -1.33. The van der Waals surface area contributed by atoms with Crippen LogP contribution in [0.5, 0.6) is 5.75 Å². The summed E-state index contributed by atoms with van der Waals surface area (Å²) in [6.45, 7) is 6.13. The number of hydrogen-bond acceptors (Lipinski definition) is 5. The van der Waals surface area contributed by atoms with Crippen molar-refractivity contribution >= 4 is 5.82 Å². The normalized spacial score (nSPS) is 19.5. The van der Waals surface area contributed by atoms with Crippen LogP contribution in [0.25, 0.3) is 0 Å². The Labute approximate surface area is 114 Å². The predicted molar refractivity (Wildman–Crippen MR) is 75.9 cm³/mol. The molecule has 0 aromatic carbocycles. The van der Waals surface area contributed by atoms with Gasteiger partial charge in [-0.15, -0.1) is 0 Å². The third kappa shape index (κ3) is 3.81. The number of pyridine rings is 1. The van der Waals surface area contributed by atoms with Crippen molar-refractivity contribution in [2.24, 2.45) is 0 Å². The molecule has 5 nitrogen and oxygen atoms in total. The van der Waals surface area contributed by atoms with Crippen molar-refractivity contribution in [2.45, 2.75) is 19.4 Å². The smallest absolute Gasteiger partial charge is 0.171 e. The van der Waals surface area contributed by atoms with E-state index in [0.29, 0.717) is 0 Å². The highest BCUT2D eigenvalue weighted by Gasteiger charge is 2.23. The van der Waals surface area contributed by atoms with Crippen molar-refractivity contribution in [2.75, 3.05) is 44.8 Å². The Morgan fingerprint density at radius 3 is 3.26 bits per heavy atom. The van der Waals surface area contributed by atoms with Crippen LogP contribution in [-0.4, -0.2) is 51.0 Å². The van der Waals surface area contributed by atoms with Crippen LogP contribution >= 0.6 is 0 Å². The number of aromatic nitrogens is 1. The van der Waals surface area contributed by atoms with Crippen LogP contribution in [0.2, 0.25) is 0 Å². The van der Waals surface area contributed by atoms with Gasteiger partial charge in [0.15, 0.2) is 11.6 Å². The van der Waals surface area contributed by atoms with Gasteiger partial charge in [0, 0.05) is 25.8 Å². The maximum atomic E-state index is 5.77. The molecule has 0 spiro atoms. The number of hydrogen-bond donors (Lipinski definition) is 1. The van der Waals surface area contributed by atoms with E-state index in [4.69, 9.17) is 9.47 Å². The van der Waals surface area contributed by atoms with Crippen LogP contribution < -0.4 is 15.0 Å². The van der Waals surface area contributed by atoms with Gasteiger partial charge < -0.3 is 19.7 Å². The number of morpholine rings is 1. The minimum absolute atomic E-state index is 0.208. The van der Waals surface area contributed by atoms with Gasteiger partial charge in [-0.25, -0.2) is 4.98 Å². The summed E-state index contributed by atoms with van der Waals surface area (Å²) >= 11 is 0. The van der Waals surface area contributed by atoms with Crippen molar-refractivity contribution in [1.29, 1.82) is 0 Å². The van der Waals surface area contributed by atoms with Crippen LogP contribution in [-0.2, 0) is 4.74 Å². The molecule has 0 saturated carbocycles. The standard InChI is InChI=1S/C14H23N3O2/c1-3-8-19-13-5-4-6-16-14(13)17-7-9-18-12(11-17)10-15-2/h4-6,12,15H,3,7-11H2,1-2H3. The zero-order valence-electron chi connectivity index (χ0n) is 11.8. The largest absolute Gasteiger partial charge is 0.490 e. The molecular weight excluding hydrogens is 242 g/mol. The first-order chi connectivity index (χ1) is 9.35. The molecule has 1 saturated heterocycles. The Kier molecular flexibility index (Phi) is 5.42. The van der Waals surface area contributed by atoms with Gasteiger partial charge >= 0.3 is 0 Å². The third-order valence-corrected chi connectivity index (χ3v) is 3.08. The fraction of sp³-hybridized carbons (Fsp3) is 0.643. The number of nitrogens with zero attached hydrogens (tertiary/aromatic N) is 2. The van der Waals surface area contributed by atoms with Gasteiger partial charge in [0.2, 0.25) is 0 Å². The second kappa shape index (κ2) is 7.31. The SMILES string of the molecule is CCCOc1cccnc1N1CCOC(CNC)C1. The van der Waals surface area contributed by atoms with E-state index in [9.17, 15) is 0 Å². The lowest BCUT2D eigenvalue weighted by Gasteiger charge is -2.34. The van der Waals surface area contributed by atoms with E-state index in [2.05, 4.69) is 22.1 Å². The van der Waals surface area contributed by atoms with E-state index >= 15 is 0 Å². The molecule has 1 aliphatic rings. The summed E-state index contributed by atoms with van der Waals surface area (Å²) in [5.74, 6) is 1.80. The summed E-state index contributed by atoms with van der Waals surface area (Å²) < 4.78 is 11.5. The lowest BCUT2D eigenvalue weighted by atomic mass is 10.2. The molecule has 2 rings (SSSR count). The molecule has 2 heterocycles. The van der Waals surface area contributed by atoms with Crippen molar-refractivity contribution in [3.8, 4) is 5.75 Å². The number of likely N-dealkylation sites (N-methyl/N-ethyl adjacent to an activating group) is 1. The fourth-order valence-electron chi connectivity index (χ4n) is 2.21. The first-order valence-electron chi connectivity index (χ1n) is 6.94. The highest BCUT2D eigenvalue weighted by Crippen LogP contribution is 2.26. The van der Waals surface area contributed by atoms with E-state index in [1.807, 2.05) is 25.4 Å². The second-order valence-corrected chi connectivity index (χ2v) is 4.67. The molecule has 0 bridgehead atoms. The summed E-state index contributed by atoms with van der Waals surface area (Å²) in [4.78, 5) is 6.72. The minimum Gasteiger partial charge on any atom is -0.490 e. The maximum absolute atomic E-state index is 5.77. The van der Waals surface area contributed by atoms with Crippen LogP contribution in [0.3, 0.4) is 0 Å². The molecular formula is C14H23N3O2. The monoisotopic (exact) mass is 265 g/mol. The highest BCUT2D eigenvalue weighted by atomic mass is 16.5. The van der Waals surface area contributed by atoms with Crippen molar-refractivity contribution in [3.05, 3.63) is 18.3 Å². The van der Waals surface area contributed by atoms with Crippen LogP contribution in [0.4, 0.5) is 5.82 Å². The molecule has 1 unspecified atom stereocenters. The molecule has 1 fully saturated rings. The lowest BCUT2D eigenvalue weighted by molar-refractivity contribution is 0.0417. The predicted octanol–water partition coefficient (Wildman–Crippen LogP) is 1.29. The molecule has 1 N–H and O–H groups in total. The minimum atomic E-state index is 0.208. The van der Waals surface area contributed by atoms with Crippen molar-refractivity contribution in [1.82, 2.24) is 10.3 Å². The van der Waals surface area contributed by atoms with Crippen molar-refractivity contribution in [3.63, 3.8) is 0 Å². The van der Waals surface area contributed by atoms with Gasteiger partial charge in [-0.1, -0.05) is 6.92 Å². The van der Waals surface area contributed by atoms with E-state index < -0.39 is 0 Å². The second-order valence-electron chi connectivity index (χ2n) is 4.67. The van der Waals surface area contributed by atoms with Crippen molar-refractivity contribution < 1.29 is 9.47 Å². The number of ether oxygens (including phenoxy) is 2. The van der Waals surface area contributed by atoms with E-state index in [0.717, 1.165) is 50.8 Å². The summed E-state index contributed by atoms with van der Waals surface area (Å²) in [5, 5.41) is 3.16. The third-order valence-electron chi connectivity index (χ3n) is 3.08. The van der Waals surface area contributed by atoms with Gasteiger partial charge in [0.1, 0.15) is 0 Å². The van der Waals surface area contributed by atoms with Gasteiger partial charge in [0.25, 0.3) is 0 Å². The van der Waals surface area contributed by atoms with Gasteiger partial charge in [0.05, 0.1) is 19.3 Å². The van der Waals surface area contributed by atoms with Gasteiger partial charge in [-0.3, -0.25) is 0 Å². The molecule has 1 aliphatic heterocycles. The fourth-order valence-corrected chi connectivity index (χ4v) is 2.21.